The maximum absolute atomic E-state index is 12.4. The van der Waals surface area contributed by atoms with Gasteiger partial charge in [-0.1, -0.05) is 32.0 Å². The van der Waals surface area contributed by atoms with Gasteiger partial charge in [-0.15, -0.1) is 0 Å². The smallest absolute Gasteiger partial charge is 0.250 e. The van der Waals surface area contributed by atoms with Crippen molar-refractivity contribution in [2.45, 2.75) is 46.1 Å². The number of rotatable bonds is 11. The van der Waals surface area contributed by atoms with Crippen molar-refractivity contribution in [3.63, 3.8) is 0 Å². The standard InChI is InChI=1S/C29H40N4O4S/c1-4-38(36,37)33-10-8-21(9-11-33)27-17-32-28-25(27)13-23(14-26(28)29(30)35)22-7-5-6-20(12-22)15-31-16-24(18-34)19(2)3/h5-7,12-14,17,19,21,24,31-32,34H,4,8-11,15-16,18H2,1-3H3,(H2,30,35)/t24-/m1/s1. The van der Waals surface area contributed by atoms with Gasteiger partial charge >= 0.3 is 0 Å². The maximum Gasteiger partial charge on any atom is 0.250 e. The lowest BCUT2D eigenvalue weighted by molar-refractivity contribution is 0.100. The number of nitrogens with one attached hydrogen (secondary N) is 2. The molecule has 1 aliphatic heterocycles. The van der Waals surface area contributed by atoms with Gasteiger partial charge in [0.15, 0.2) is 0 Å². The number of piperidine rings is 1. The fourth-order valence-electron chi connectivity index (χ4n) is 5.35. The van der Waals surface area contributed by atoms with Crippen molar-refractivity contribution in [1.29, 1.82) is 0 Å². The Labute approximate surface area is 225 Å². The molecule has 9 heteroatoms. The topological polar surface area (TPSA) is 129 Å². The number of primary amides is 1. The second-order valence-corrected chi connectivity index (χ2v) is 12.9. The van der Waals surface area contributed by atoms with Crippen LogP contribution in [0.4, 0.5) is 0 Å². The Hall–Kier alpha value is -2.72. The van der Waals surface area contributed by atoms with Crippen LogP contribution in [0.3, 0.4) is 0 Å². The zero-order chi connectivity index (χ0) is 27.4. The second kappa shape index (κ2) is 12.0. The second-order valence-electron chi connectivity index (χ2n) is 10.6. The van der Waals surface area contributed by atoms with Crippen LogP contribution in [-0.4, -0.2) is 60.7 Å². The number of sulfonamides is 1. The van der Waals surface area contributed by atoms with Gasteiger partial charge in [0, 0.05) is 44.4 Å². The van der Waals surface area contributed by atoms with E-state index in [1.165, 1.54) is 0 Å². The minimum absolute atomic E-state index is 0.115. The zero-order valence-corrected chi connectivity index (χ0v) is 23.4. The van der Waals surface area contributed by atoms with Crippen molar-refractivity contribution in [3.05, 3.63) is 59.3 Å². The molecule has 1 fully saturated rings. The van der Waals surface area contributed by atoms with Crippen LogP contribution in [0, 0.1) is 11.8 Å². The summed E-state index contributed by atoms with van der Waals surface area (Å²) in [6, 6.07) is 12.2. The largest absolute Gasteiger partial charge is 0.396 e. The molecule has 1 aliphatic rings. The minimum Gasteiger partial charge on any atom is -0.396 e. The first kappa shape index (κ1) is 28.3. The van der Waals surface area contributed by atoms with Gasteiger partial charge in [-0.25, -0.2) is 12.7 Å². The summed E-state index contributed by atoms with van der Waals surface area (Å²) in [4.78, 5) is 15.7. The number of nitrogens with two attached hydrogens (primary N) is 1. The number of amides is 1. The third-order valence-corrected chi connectivity index (χ3v) is 9.79. The highest BCUT2D eigenvalue weighted by atomic mass is 32.2. The predicted molar refractivity (Wildman–Crippen MR) is 152 cm³/mol. The van der Waals surface area contributed by atoms with Crippen LogP contribution < -0.4 is 11.1 Å². The molecule has 2 heterocycles. The monoisotopic (exact) mass is 540 g/mol. The minimum atomic E-state index is -3.19. The van der Waals surface area contributed by atoms with Crippen molar-refractivity contribution in [2.24, 2.45) is 17.6 Å². The number of nitrogens with zero attached hydrogens (tertiary/aromatic N) is 1. The number of carbonyl (C=O) groups is 1. The van der Waals surface area contributed by atoms with Gasteiger partial charge in [-0.2, -0.15) is 0 Å². The van der Waals surface area contributed by atoms with E-state index in [4.69, 9.17) is 5.73 Å². The van der Waals surface area contributed by atoms with Crippen molar-refractivity contribution < 1.29 is 18.3 Å². The summed E-state index contributed by atoms with van der Waals surface area (Å²) in [5.41, 5.74) is 11.1. The number of aromatic nitrogens is 1. The number of aliphatic hydroxyl groups excluding tert-OH is 1. The molecule has 1 atom stereocenters. The number of benzene rings is 2. The van der Waals surface area contributed by atoms with Crippen LogP contribution in [0.1, 0.15) is 61.0 Å². The average molecular weight is 541 g/mol. The van der Waals surface area contributed by atoms with Crippen molar-refractivity contribution in [2.75, 3.05) is 32.0 Å². The fraction of sp³-hybridized carbons (Fsp3) is 0.483. The zero-order valence-electron chi connectivity index (χ0n) is 22.5. The van der Waals surface area contributed by atoms with E-state index in [2.05, 4.69) is 42.3 Å². The van der Waals surface area contributed by atoms with Crippen LogP contribution in [0.2, 0.25) is 0 Å². The van der Waals surface area contributed by atoms with Gasteiger partial charge in [-0.3, -0.25) is 4.79 Å². The summed E-state index contributed by atoms with van der Waals surface area (Å²) in [5.74, 6) is 0.427. The summed E-state index contributed by atoms with van der Waals surface area (Å²) in [5, 5.41) is 14.0. The number of fused-ring (bicyclic) bond motifs is 1. The predicted octanol–water partition coefficient (Wildman–Crippen LogP) is 3.82. The highest BCUT2D eigenvalue weighted by molar-refractivity contribution is 7.89. The van der Waals surface area contributed by atoms with E-state index in [9.17, 15) is 18.3 Å². The molecular weight excluding hydrogens is 500 g/mol. The Morgan fingerprint density at radius 3 is 2.55 bits per heavy atom. The van der Waals surface area contributed by atoms with E-state index in [-0.39, 0.29) is 24.2 Å². The van der Waals surface area contributed by atoms with Crippen molar-refractivity contribution in [3.8, 4) is 11.1 Å². The van der Waals surface area contributed by atoms with E-state index in [1.807, 2.05) is 24.4 Å². The van der Waals surface area contributed by atoms with Crippen molar-refractivity contribution in [1.82, 2.24) is 14.6 Å². The number of hydrogen-bond acceptors (Lipinski definition) is 5. The molecule has 4 rings (SSSR count). The van der Waals surface area contributed by atoms with Crippen LogP contribution in [-0.2, 0) is 16.6 Å². The van der Waals surface area contributed by atoms with Crippen molar-refractivity contribution >= 4 is 26.8 Å². The van der Waals surface area contributed by atoms with Crippen LogP contribution in [0.15, 0.2) is 42.6 Å². The van der Waals surface area contributed by atoms with E-state index < -0.39 is 15.9 Å². The van der Waals surface area contributed by atoms with E-state index in [1.54, 1.807) is 11.2 Å². The van der Waals surface area contributed by atoms with Crippen LogP contribution in [0.25, 0.3) is 22.0 Å². The molecule has 1 saturated heterocycles. The molecule has 1 aromatic heterocycles. The summed E-state index contributed by atoms with van der Waals surface area (Å²) in [6.07, 6.45) is 3.41. The molecule has 0 aliphatic carbocycles. The normalized spacial score (nSPS) is 16.3. The summed E-state index contributed by atoms with van der Waals surface area (Å²) >= 11 is 0. The Balaban J connectivity index is 1.61. The lowest BCUT2D eigenvalue weighted by Crippen LogP contribution is -2.38. The van der Waals surface area contributed by atoms with Gasteiger partial charge < -0.3 is 21.1 Å². The summed E-state index contributed by atoms with van der Waals surface area (Å²) in [6.45, 7) is 8.47. The van der Waals surface area contributed by atoms with Gasteiger partial charge in [0.25, 0.3) is 5.91 Å². The maximum atomic E-state index is 12.4. The van der Waals surface area contributed by atoms with E-state index in [0.29, 0.717) is 31.1 Å². The molecule has 0 bridgehead atoms. The van der Waals surface area contributed by atoms with Gasteiger partial charge in [-0.05, 0) is 78.0 Å². The third-order valence-electron chi connectivity index (χ3n) is 7.91. The molecule has 0 unspecified atom stereocenters. The lowest BCUT2D eigenvalue weighted by Gasteiger charge is -2.31. The molecule has 1 amide bonds. The number of hydrogen-bond donors (Lipinski definition) is 4. The van der Waals surface area contributed by atoms with Gasteiger partial charge in [0.2, 0.25) is 10.0 Å². The molecule has 5 N–H and O–H groups in total. The first-order chi connectivity index (χ1) is 18.1. The summed E-state index contributed by atoms with van der Waals surface area (Å²) in [7, 11) is -3.19. The Bertz CT molecular complexity index is 1370. The Morgan fingerprint density at radius 2 is 1.92 bits per heavy atom. The third kappa shape index (κ3) is 6.12. The van der Waals surface area contributed by atoms with Crippen LogP contribution in [0.5, 0.6) is 0 Å². The molecule has 8 nitrogen and oxygen atoms in total. The first-order valence-electron chi connectivity index (χ1n) is 13.5. The van der Waals surface area contributed by atoms with E-state index >= 15 is 0 Å². The molecule has 38 heavy (non-hydrogen) atoms. The molecule has 0 saturated carbocycles. The Kier molecular flexibility index (Phi) is 8.92. The number of H-pyrrole nitrogens is 1. The van der Waals surface area contributed by atoms with Crippen LogP contribution >= 0.6 is 0 Å². The SMILES string of the molecule is CCS(=O)(=O)N1CCC(c2c[nH]c3c(C(N)=O)cc(-c4cccc(CNC[C@H](CO)C(C)C)c4)cc23)CC1. The first-order valence-corrected chi connectivity index (χ1v) is 15.1. The number of aromatic amines is 1. The number of aliphatic hydroxyl groups is 1. The van der Waals surface area contributed by atoms with Gasteiger partial charge in [0.05, 0.1) is 16.8 Å². The average Bonchev–Trinajstić information content (AvgIpc) is 3.34. The highest BCUT2D eigenvalue weighted by Crippen LogP contribution is 2.37. The molecule has 3 aromatic rings. The summed E-state index contributed by atoms with van der Waals surface area (Å²) < 4.78 is 26.2. The molecule has 0 spiro atoms. The molecule has 206 valence electrons. The molecule has 0 radical (unpaired) electrons. The highest BCUT2D eigenvalue weighted by Gasteiger charge is 2.29. The van der Waals surface area contributed by atoms with E-state index in [0.717, 1.165) is 52.5 Å². The number of carbonyl (C=O) groups excluding carboxylic acids is 1. The molecule has 2 aromatic carbocycles. The van der Waals surface area contributed by atoms with Gasteiger partial charge in [0.1, 0.15) is 0 Å². The lowest BCUT2D eigenvalue weighted by atomic mass is 9.88. The fourth-order valence-corrected chi connectivity index (χ4v) is 6.49. The molecular formula is C29H40N4O4S. The quantitative estimate of drug-likeness (QED) is 0.294. The Morgan fingerprint density at radius 1 is 1.18 bits per heavy atom.